The van der Waals surface area contributed by atoms with Crippen molar-refractivity contribution in [2.24, 2.45) is 0 Å². The average molecular weight is 262 g/mol. The Bertz CT molecular complexity index is 692. The van der Waals surface area contributed by atoms with Crippen LogP contribution in [0.5, 0.6) is 0 Å². The Morgan fingerprint density at radius 2 is 1.58 bits per heavy atom. The van der Waals surface area contributed by atoms with E-state index in [2.05, 4.69) is 0 Å². The zero-order valence-corrected chi connectivity index (χ0v) is 9.84. The van der Waals surface area contributed by atoms with Crippen LogP contribution in [0.15, 0.2) is 30.3 Å². The highest BCUT2D eigenvalue weighted by molar-refractivity contribution is 6.00. The first-order chi connectivity index (χ1) is 9.08. The molecule has 0 aliphatic heterocycles. The van der Waals surface area contributed by atoms with Crippen molar-refractivity contribution in [1.29, 1.82) is 0 Å². The standard InChI is InChI=1S/C15H9F3O/c16-12-5-4-11(14(17)15(12)18)9-1-3-10-8(7-9)2-6-13(10)19/h1,3-5,7H,2,6H2. The van der Waals surface area contributed by atoms with Crippen LogP contribution in [0.4, 0.5) is 13.2 Å². The number of aryl methyl sites for hydroxylation is 1. The zero-order chi connectivity index (χ0) is 13.6. The van der Waals surface area contributed by atoms with Crippen LogP contribution in [-0.4, -0.2) is 5.78 Å². The number of carbonyl (C=O) groups excluding carboxylic acids is 1. The highest BCUT2D eigenvalue weighted by atomic mass is 19.2. The lowest BCUT2D eigenvalue weighted by atomic mass is 10.00. The summed E-state index contributed by atoms with van der Waals surface area (Å²) in [5, 5.41) is 0. The molecule has 0 amide bonds. The number of fused-ring (bicyclic) bond motifs is 1. The Labute approximate surface area is 107 Å². The molecule has 1 aliphatic rings. The fraction of sp³-hybridized carbons (Fsp3) is 0.133. The molecule has 2 aromatic carbocycles. The van der Waals surface area contributed by atoms with E-state index in [-0.39, 0.29) is 11.3 Å². The van der Waals surface area contributed by atoms with Gasteiger partial charge in [0.15, 0.2) is 23.2 Å². The highest BCUT2D eigenvalue weighted by Gasteiger charge is 2.21. The third-order valence-corrected chi connectivity index (χ3v) is 3.37. The lowest BCUT2D eigenvalue weighted by Gasteiger charge is -2.07. The van der Waals surface area contributed by atoms with E-state index in [0.29, 0.717) is 24.0 Å². The van der Waals surface area contributed by atoms with Crippen LogP contribution in [-0.2, 0) is 6.42 Å². The summed E-state index contributed by atoms with van der Waals surface area (Å²) >= 11 is 0. The smallest absolute Gasteiger partial charge is 0.195 e. The first-order valence-electron chi connectivity index (χ1n) is 5.88. The van der Waals surface area contributed by atoms with Crippen LogP contribution in [0.3, 0.4) is 0 Å². The van der Waals surface area contributed by atoms with Crippen molar-refractivity contribution in [1.82, 2.24) is 0 Å². The number of rotatable bonds is 1. The molecule has 0 N–H and O–H groups in total. The van der Waals surface area contributed by atoms with Crippen molar-refractivity contribution in [2.45, 2.75) is 12.8 Å². The Morgan fingerprint density at radius 3 is 2.37 bits per heavy atom. The van der Waals surface area contributed by atoms with E-state index in [1.54, 1.807) is 18.2 Å². The molecule has 0 saturated heterocycles. The Hall–Kier alpha value is -2.10. The molecule has 96 valence electrons. The van der Waals surface area contributed by atoms with Gasteiger partial charge in [0.25, 0.3) is 0 Å². The normalized spacial score (nSPS) is 13.7. The van der Waals surface area contributed by atoms with Crippen LogP contribution in [0.25, 0.3) is 11.1 Å². The predicted molar refractivity (Wildman–Crippen MR) is 64.4 cm³/mol. The molecule has 2 aromatic rings. The molecule has 0 radical (unpaired) electrons. The number of hydrogen-bond acceptors (Lipinski definition) is 1. The summed E-state index contributed by atoms with van der Waals surface area (Å²) in [6, 6.07) is 6.92. The second-order valence-electron chi connectivity index (χ2n) is 4.52. The summed E-state index contributed by atoms with van der Waals surface area (Å²) in [6.45, 7) is 0. The van der Waals surface area contributed by atoms with Gasteiger partial charge in [-0.1, -0.05) is 18.2 Å². The van der Waals surface area contributed by atoms with Gasteiger partial charge in [0.05, 0.1) is 0 Å². The summed E-state index contributed by atoms with van der Waals surface area (Å²) < 4.78 is 39.8. The van der Waals surface area contributed by atoms with E-state index in [9.17, 15) is 18.0 Å². The van der Waals surface area contributed by atoms with Crippen molar-refractivity contribution in [3.63, 3.8) is 0 Å². The third kappa shape index (κ3) is 1.84. The maximum absolute atomic E-state index is 13.7. The highest BCUT2D eigenvalue weighted by Crippen LogP contribution is 2.30. The van der Waals surface area contributed by atoms with Gasteiger partial charge in [-0.25, -0.2) is 13.2 Å². The van der Waals surface area contributed by atoms with Gasteiger partial charge in [0.2, 0.25) is 0 Å². The molecule has 3 rings (SSSR count). The first-order valence-corrected chi connectivity index (χ1v) is 5.88. The molecule has 0 saturated carbocycles. The van der Waals surface area contributed by atoms with Gasteiger partial charge in [-0.05, 0) is 29.7 Å². The van der Waals surface area contributed by atoms with E-state index in [1.807, 2.05) is 0 Å². The largest absolute Gasteiger partial charge is 0.294 e. The van der Waals surface area contributed by atoms with Gasteiger partial charge < -0.3 is 0 Å². The molecule has 0 heterocycles. The fourth-order valence-corrected chi connectivity index (χ4v) is 2.37. The molecular weight excluding hydrogens is 253 g/mol. The van der Waals surface area contributed by atoms with E-state index in [0.717, 1.165) is 11.6 Å². The van der Waals surface area contributed by atoms with Gasteiger partial charge in [-0.3, -0.25) is 4.79 Å². The van der Waals surface area contributed by atoms with E-state index in [1.165, 1.54) is 6.07 Å². The molecule has 0 atom stereocenters. The number of Topliss-reactive ketones (excluding diaryl/α,β-unsaturated/α-hetero) is 1. The lowest BCUT2D eigenvalue weighted by Crippen LogP contribution is -1.95. The third-order valence-electron chi connectivity index (χ3n) is 3.37. The molecule has 0 aromatic heterocycles. The minimum absolute atomic E-state index is 0.000971. The Balaban J connectivity index is 2.14. The summed E-state index contributed by atoms with van der Waals surface area (Å²) in [5.74, 6) is -3.83. The van der Waals surface area contributed by atoms with Crippen molar-refractivity contribution >= 4 is 5.78 Å². The van der Waals surface area contributed by atoms with Crippen LogP contribution in [0.2, 0.25) is 0 Å². The Kier molecular flexibility index (Phi) is 2.66. The van der Waals surface area contributed by atoms with Crippen LogP contribution >= 0.6 is 0 Å². The topological polar surface area (TPSA) is 17.1 Å². The second-order valence-corrected chi connectivity index (χ2v) is 4.52. The molecule has 1 aliphatic carbocycles. The summed E-state index contributed by atoms with van der Waals surface area (Å²) in [7, 11) is 0. The number of benzene rings is 2. The number of ketones is 1. The van der Waals surface area contributed by atoms with Crippen molar-refractivity contribution < 1.29 is 18.0 Å². The average Bonchev–Trinajstić information content (AvgIpc) is 2.77. The van der Waals surface area contributed by atoms with E-state index >= 15 is 0 Å². The summed E-state index contributed by atoms with van der Waals surface area (Å²) in [5.41, 5.74) is 1.91. The number of hydrogen-bond donors (Lipinski definition) is 0. The molecule has 0 bridgehead atoms. The molecular formula is C15H9F3O. The van der Waals surface area contributed by atoms with Gasteiger partial charge >= 0.3 is 0 Å². The monoisotopic (exact) mass is 262 g/mol. The SMILES string of the molecule is O=C1CCc2cc(-c3ccc(F)c(F)c3F)ccc21. The van der Waals surface area contributed by atoms with Gasteiger partial charge in [0.1, 0.15) is 0 Å². The molecule has 19 heavy (non-hydrogen) atoms. The Morgan fingerprint density at radius 1 is 0.842 bits per heavy atom. The maximum atomic E-state index is 13.7. The summed E-state index contributed by atoms with van der Waals surface area (Å²) in [6.07, 6.45) is 1.05. The zero-order valence-electron chi connectivity index (χ0n) is 9.84. The van der Waals surface area contributed by atoms with Crippen molar-refractivity contribution in [2.75, 3.05) is 0 Å². The van der Waals surface area contributed by atoms with E-state index in [4.69, 9.17) is 0 Å². The van der Waals surface area contributed by atoms with Crippen LogP contribution in [0, 0.1) is 17.5 Å². The molecule has 0 unspecified atom stereocenters. The lowest BCUT2D eigenvalue weighted by molar-refractivity contribution is 0.0994. The molecule has 4 heteroatoms. The minimum atomic E-state index is -1.48. The quantitative estimate of drug-likeness (QED) is 0.712. The van der Waals surface area contributed by atoms with Crippen LogP contribution < -0.4 is 0 Å². The van der Waals surface area contributed by atoms with Gasteiger partial charge in [0, 0.05) is 17.5 Å². The fourth-order valence-electron chi connectivity index (χ4n) is 2.37. The van der Waals surface area contributed by atoms with Crippen molar-refractivity contribution in [3.8, 4) is 11.1 Å². The first kappa shape index (κ1) is 12.0. The van der Waals surface area contributed by atoms with Gasteiger partial charge in [-0.2, -0.15) is 0 Å². The second kappa shape index (κ2) is 4.23. The number of carbonyl (C=O) groups is 1. The van der Waals surface area contributed by atoms with Gasteiger partial charge in [-0.15, -0.1) is 0 Å². The van der Waals surface area contributed by atoms with Crippen LogP contribution in [0.1, 0.15) is 22.3 Å². The minimum Gasteiger partial charge on any atom is -0.294 e. The van der Waals surface area contributed by atoms with E-state index < -0.39 is 17.5 Å². The van der Waals surface area contributed by atoms with Crippen molar-refractivity contribution in [3.05, 3.63) is 58.9 Å². The maximum Gasteiger partial charge on any atom is 0.195 e. The molecule has 1 nitrogen and oxygen atoms in total. The predicted octanol–water partition coefficient (Wildman–Crippen LogP) is 3.90. The molecule has 0 spiro atoms. The number of halogens is 3. The molecule has 0 fully saturated rings. The summed E-state index contributed by atoms with van der Waals surface area (Å²) in [4.78, 5) is 11.5.